The topological polar surface area (TPSA) is 0 Å². The first kappa shape index (κ1) is 22.6. The van der Waals surface area contributed by atoms with Gasteiger partial charge in [-0.3, -0.25) is 0 Å². The number of rotatable bonds is 7. The van der Waals surface area contributed by atoms with Gasteiger partial charge in [0.25, 0.3) is 0 Å². The minimum Gasteiger partial charge on any atom is -0.212 e. The lowest BCUT2D eigenvalue weighted by Crippen LogP contribution is -2.22. The van der Waals surface area contributed by atoms with Crippen LogP contribution >= 0.6 is 0 Å². The molecule has 0 radical (unpaired) electrons. The normalized spacial score (nSPS) is 28.5. The molecule has 2 aliphatic rings. The summed E-state index contributed by atoms with van der Waals surface area (Å²) in [5.41, 5.74) is -0.301. The SMILES string of the molecule is CCCC1CCC(CC[SiH]2CCC(c3cc(F)c(C(F)=CF)c(F)c3)CC2)CC1. The van der Waals surface area contributed by atoms with Crippen LogP contribution in [-0.4, -0.2) is 8.80 Å². The summed E-state index contributed by atoms with van der Waals surface area (Å²) >= 11 is 0. The van der Waals surface area contributed by atoms with Gasteiger partial charge in [-0.2, -0.15) is 0 Å². The van der Waals surface area contributed by atoms with E-state index in [1.165, 1.54) is 75.2 Å². The van der Waals surface area contributed by atoms with E-state index in [-0.39, 0.29) is 5.92 Å². The number of benzene rings is 1. The van der Waals surface area contributed by atoms with Gasteiger partial charge in [-0.05, 0) is 48.3 Å². The largest absolute Gasteiger partial charge is 0.212 e. The quantitative estimate of drug-likeness (QED) is 0.304. The van der Waals surface area contributed by atoms with E-state index in [1.807, 2.05) is 0 Å². The lowest BCUT2D eigenvalue weighted by molar-refractivity contribution is 0.257. The molecule has 0 nitrogen and oxygen atoms in total. The first-order chi connectivity index (χ1) is 14.0. The summed E-state index contributed by atoms with van der Waals surface area (Å²) in [5.74, 6) is -1.49. The van der Waals surface area contributed by atoms with E-state index in [1.54, 1.807) is 0 Å². The van der Waals surface area contributed by atoms with Crippen molar-refractivity contribution in [1.82, 2.24) is 0 Å². The van der Waals surface area contributed by atoms with Gasteiger partial charge in [-0.1, -0.05) is 70.0 Å². The van der Waals surface area contributed by atoms with Gasteiger partial charge in [0.15, 0.2) is 5.83 Å². The van der Waals surface area contributed by atoms with E-state index in [4.69, 9.17) is 0 Å². The highest BCUT2D eigenvalue weighted by Gasteiger charge is 2.27. The van der Waals surface area contributed by atoms with Crippen LogP contribution in [-0.2, 0) is 0 Å². The third-order valence-corrected chi connectivity index (χ3v) is 10.8. The molecule has 0 spiro atoms. The molecule has 1 aliphatic heterocycles. The fourth-order valence-electron chi connectivity index (χ4n) is 5.58. The maximum atomic E-state index is 14.1. The minimum atomic E-state index is -1.49. The second kappa shape index (κ2) is 10.8. The maximum absolute atomic E-state index is 14.1. The summed E-state index contributed by atoms with van der Waals surface area (Å²) in [5, 5.41) is 0. The van der Waals surface area contributed by atoms with Crippen LogP contribution in [0.15, 0.2) is 18.5 Å². The van der Waals surface area contributed by atoms with Crippen LogP contribution in [0.5, 0.6) is 0 Å². The van der Waals surface area contributed by atoms with Gasteiger partial charge in [0.05, 0.1) is 5.56 Å². The summed E-state index contributed by atoms with van der Waals surface area (Å²) in [6.07, 6.45) is 11.3. The summed E-state index contributed by atoms with van der Waals surface area (Å²) in [6.45, 7) is 2.28. The standard InChI is InChI=1S/C24H34F4Si/c1-2-3-17-4-6-18(7-5-17)8-11-29-12-9-19(10-13-29)20-14-21(26)24(22(27)15-20)23(28)16-25/h14-19,29H,2-13H2,1H3. The monoisotopic (exact) mass is 426 g/mol. The van der Waals surface area contributed by atoms with Crippen molar-refractivity contribution in [2.24, 2.45) is 11.8 Å². The number of hydrogen-bond acceptors (Lipinski definition) is 0. The summed E-state index contributed by atoms with van der Waals surface area (Å²) in [7, 11) is -0.750. The summed E-state index contributed by atoms with van der Waals surface area (Å²) in [6, 6.07) is 6.24. The molecule has 3 rings (SSSR count). The Morgan fingerprint density at radius 3 is 2.03 bits per heavy atom. The Balaban J connectivity index is 1.46. The molecule has 0 bridgehead atoms. The number of halogens is 4. The molecular weight excluding hydrogens is 392 g/mol. The van der Waals surface area contributed by atoms with E-state index in [2.05, 4.69) is 6.92 Å². The molecule has 1 heterocycles. The van der Waals surface area contributed by atoms with Crippen LogP contribution < -0.4 is 0 Å². The van der Waals surface area contributed by atoms with E-state index in [0.717, 1.165) is 24.7 Å². The lowest BCUT2D eigenvalue weighted by atomic mass is 9.79. The van der Waals surface area contributed by atoms with Crippen LogP contribution in [0.4, 0.5) is 17.6 Å². The molecule has 1 saturated heterocycles. The zero-order valence-electron chi connectivity index (χ0n) is 17.5. The van der Waals surface area contributed by atoms with Crippen LogP contribution in [0.2, 0.25) is 18.1 Å². The van der Waals surface area contributed by atoms with Gasteiger partial charge in [-0.15, -0.1) is 0 Å². The molecule has 1 saturated carbocycles. The molecule has 29 heavy (non-hydrogen) atoms. The van der Waals surface area contributed by atoms with E-state index >= 15 is 0 Å². The van der Waals surface area contributed by atoms with Crippen molar-refractivity contribution < 1.29 is 17.6 Å². The van der Waals surface area contributed by atoms with Gasteiger partial charge >= 0.3 is 0 Å². The van der Waals surface area contributed by atoms with Gasteiger partial charge in [-0.25, -0.2) is 17.6 Å². The van der Waals surface area contributed by atoms with Gasteiger partial charge in [0, 0.05) is 8.80 Å². The first-order valence-electron chi connectivity index (χ1n) is 11.5. The van der Waals surface area contributed by atoms with Crippen molar-refractivity contribution in [3.05, 3.63) is 41.2 Å². The second-order valence-corrected chi connectivity index (χ2v) is 12.8. The average molecular weight is 427 g/mol. The van der Waals surface area contributed by atoms with Crippen LogP contribution in [0.1, 0.15) is 81.8 Å². The Hall–Kier alpha value is -1.10. The Morgan fingerprint density at radius 2 is 1.52 bits per heavy atom. The molecule has 1 aliphatic carbocycles. The fraction of sp³-hybridized carbons (Fsp3) is 0.667. The molecule has 1 aromatic rings. The van der Waals surface area contributed by atoms with Crippen LogP contribution in [0, 0.1) is 23.5 Å². The highest BCUT2D eigenvalue weighted by Crippen LogP contribution is 2.39. The van der Waals surface area contributed by atoms with Crippen LogP contribution in [0.3, 0.4) is 0 Å². The summed E-state index contributed by atoms with van der Waals surface area (Å²) < 4.78 is 53.9. The molecule has 0 amide bonds. The Morgan fingerprint density at radius 1 is 0.966 bits per heavy atom. The van der Waals surface area contributed by atoms with E-state index in [9.17, 15) is 17.6 Å². The molecule has 0 unspecified atom stereocenters. The van der Waals surface area contributed by atoms with Crippen molar-refractivity contribution >= 4 is 14.6 Å². The van der Waals surface area contributed by atoms with Crippen molar-refractivity contribution in [2.75, 3.05) is 0 Å². The molecule has 2 fully saturated rings. The Kier molecular flexibility index (Phi) is 8.40. The molecule has 0 N–H and O–H groups in total. The molecular formula is C24H34F4Si. The van der Waals surface area contributed by atoms with Crippen LogP contribution in [0.25, 0.3) is 5.83 Å². The molecule has 5 heteroatoms. The fourth-order valence-corrected chi connectivity index (χ4v) is 9.14. The first-order valence-corrected chi connectivity index (χ1v) is 13.9. The highest BCUT2D eigenvalue weighted by atomic mass is 28.3. The number of hydrogen-bond donors (Lipinski definition) is 0. The predicted molar refractivity (Wildman–Crippen MR) is 115 cm³/mol. The highest BCUT2D eigenvalue weighted by molar-refractivity contribution is 6.59. The zero-order valence-corrected chi connectivity index (χ0v) is 18.7. The minimum absolute atomic E-state index is 0.138. The molecule has 0 atom stereocenters. The van der Waals surface area contributed by atoms with Crippen molar-refractivity contribution in [3.8, 4) is 0 Å². The average Bonchev–Trinajstić information content (AvgIpc) is 2.73. The molecule has 162 valence electrons. The summed E-state index contributed by atoms with van der Waals surface area (Å²) in [4.78, 5) is 0. The van der Waals surface area contributed by atoms with Gasteiger partial charge in [0.1, 0.15) is 18.0 Å². The third-order valence-electron chi connectivity index (χ3n) is 7.36. The van der Waals surface area contributed by atoms with Gasteiger partial charge < -0.3 is 0 Å². The van der Waals surface area contributed by atoms with Crippen molar-refractivity contribution in [2.45, 2.75) is 88.8 Å². The third kappa shape index (κ3) is 5.96. The van der Waals surface area contributed by atoms with Gasteiger partial charge in [0.2, 0.25) is 0 Å². The molecule has 1 aromatic carbocycles. The Bertz CT molecular complexity index is 663. The van der Waals surface area contributed by atoms with E-state index < -0.39 is 38.2 Å². The smallest absolute Gasteiger partial charge is 0.164 e. The van der Waals surface area contributed by atoms with Crippen molar-refractivity contribution in [3.63, 3.8) is 0 Å². The Labute approximate surface area is 174 Å². The predicted octanol–water partition coefficient (Wildman–Crippen LogP) is 8.30. The van der Waals surface area contributed by atoms with Crippen molar-refractivity contribution in [1.29, 1.82) is 0 Å². The maximum Gasteiger partial charge on any atom is 0.164 e. The second-order valence-electron chi connectivity index (χ2n) is 9.29. The zero-order chi connectivity index (χ0) is 20.8. The molecule has 0 aromatic heterocycles. The van der Waals surface area contributed by atoms with E-state index in [0.29, 0.717) is 5.56 Å². The lowest BCUT2D eigenvalue weighted by Gasteiger charge is -2.31.